The normalized spacial score (nSPS) is 18.1. The highest BCUT2D eigenvalue weighted by Crippen LogP contribution is 2.31. The van der Waals surface area contributed by atoms with Crippen molar-refractivity contribution in [3.63, 3.8) is 0 Å². The fourth-order valence-corrected chi connectivity index (χ4v) is 2.76. The molecule has 1 heterocycles. The molecule has 18 heavy (non-hydrogen) atoms. The maximum Gasteiger partial charge on any atom is 0.112 e. The molecule has 0 aromatic carbocycles. The molecule has 0 saturated carbocycles. The molecule has 0 saturated heterocycles. The van der Waals surface area contributed by atoms with E-state index in [9.17, 15) is 0 Å². The third-order valence-electron chi connectivity index (χ3n) is 3.81. The molecule has 0 radical (unpaired) electrons. The van der Waals surface area contributed by atoms with Crippen molar-refractivity contribution in [2.45, 2.75) is 65.0 Å². The van der Waals surface area contributed by atoms with Crippen LogP contribution in [0.3, 0.4) is 0 Å². The molecule has 0 fully saturated rings. The Bertz CT molecular complexity index is 259. The van der Waals surface area contributed by atoms with Crippen LogP contribution in [-0.4, -0.2) is 31.4 Å². The van der Waals surface area contributed by atoms with Gasteiger partial charge in [-0.1, -0.05) is 20.8 Å². The van der Waals surface area contributed by atoms with E-state index >= 15 is 0 Å². The smallest absolute Gasteiger partial charge is 0.112 e. The van der Waals surface area contributed by atoms with E-state index in [4.69, 9.17) is 9.47 Å². The van der Waals surface area contributed by atoms with Gasteiger partial charge in [-0.3, -0.25) is 0 Å². The van der Waals surface area contributed by atoms with Gasteiger partial charge in [-0.15, -0.1) is 0 Å². The number of hydrogen-bond donors (Lipinski definition) is 1. The quantitative estimate of drug-likeness (QED) is 0.722. The molecule has 1 aliphatic rings. The van der Waals surface area contributed by atoms with Crippen molar-refractivity contribution in [1.29, 1.82) is 0 Å². The van der Waals surface area contributed by atoms with E-state index in [1.54, 1.807) is 0 Å². The minimum absolute atomic E-state index is 0.145. The molecule has 0 amide bonds. The zero-order valence-electron chi connectivity index (χ0n) is 12.4. The van der Waals surface area contributed by atoms with Crippen LogP contribution in [0.15, 0.2) is 11.8 Å². The van der Waals surface area contributed by atoms with Gasteiger partial charge in [0.1, 0.15) is 5.76 Å². The first kappa shape index (κ1) is 15.5. The summed E-state index contributed by atoms with van der Waals surface area (Å²) >= 11 is 0. The minimum Gasteiger partial charge on any atom is -0.496 e. The average molecular weight is 255 g/mol. The van der Waals surface area contributed by atoms with Gasteiger partial charge < -0.3 is 14.8 Å². The lowest BCUT2D eigenvalue weighted by molar-refractivity contribution is -0.0751. The number of ether oxygens (including phenoxy) is 2. The molecule has 0 aromatic rings. The van der Waals surface area contributed by atoms with Gasteiger partial charge in [-0.05, 0) is 45.2 Å². The molecule has 0 aliphatic carbocycles. The standard InChI is InChI=1S/C15H29NO2/c1-5-15(6-2,18-8-4)14(16-7-3)13-11-9-10-12-17-13/h11,14,16H,5-10,12H2,1-4H3. The molecular weight excluding hydrogens is 226 g/mol. The molecule has 1 aliphatic heterocycles. The fourth-order valence-electron chi connectivity index (χ4n) is 2.76. The number of hydrogen-bond acceptors (Lipinski definition) is 3. The topological polar surface area (TPSA) is 30.5 Å². The molecule has 0 bridgehead atoms. The summed E-state index contributed by atoms with van der Waals surface area (Å²) in [5.74, 6) is 1.08. The second kappa shape index (κ2) is 7.80. The SMILES string of the molecule is CCNC(C1=CCCCO1)C(CC)(CC)OCC. The van der Waals surface area contributed by atoms with Crippen LogP contribution in [0.5, 0.6) is 0 Å². The Kier molecular flexibility index (Phi) is 6.72. The Hall–Kier alpha value is -0.540. The number of likely N-dealkylation sites (N-methyl/N-ethyl adjacent to an activating group) is 1. The minimum atomic E-state index is -0.145. The van der Waals surface area contributed by atoms with Crippen molar-refractivity contribution < 1.29 is 9.47 Å². The van der Waals surface area contributed by atoms with Gasteiger partial charge >= 0.3 is 0 Å². The summed E-state index contributed by atoms with van der Waals surface area (Å²) in [5, 5.41) is 3.56. The van der Waals surface area contributed by atoms with E-state index in [0.29, 0.717) is 0 Å². The van der Waals surface area contributed by atoms with Crippen LogP contribution >= 0.6 is 0 Å². The maximum atomic E-state index is 6.11. The summed E-state index contributed by atoms with van der Waals surface area (Å²) in [5.41, 5.74) is -0.145. The van der Waals surface area contributed by atoms with E-state index in [1.165, 1.54) is 0 Å². The predicted octanol–water partition coefficient (Wildman–Crippen LogP) is 3.25. The predicted molar refractivity (Wildman–Crippen MR) is 75.7 cm³/mol. The van der Waals surface area contributed by atoms with E-state index in [2.05, 4.69) is 39.1 Å². The fraction of sp³-hybridized carbons (Fsp3) is 0.867. The Balaban J connectivity index is 2.94. The number of nitrogens with one attached hydrogen (secondary N) is 1. The van der Waals surface area contributed by atoms with Gasteiger partial charge in [0, 0.05) is 6.61 Å². The molecule has 3 heteroatoms. The molecule has 1 atom stereocenters. The van der Waals surface area contributed by atoms with Crippen LogP contribution in [0, 0.1) is 0 Å². The average Bonchev–Trinajstić information content (AvgIpc) is 2.44. The van der Waals surface area contributed by atoms with E-state index in [0.717, 1.165) is 51.2 Å². The third-order valence-corrected chi connectivity index (χ3v) is 3.81. The molecule has 0 aromatic heterocycles. The molecule has 1 unspecified atom stereocenters. The summed E-state index contributed by atoms with van der Waals surface area (Å²) in [4.78, 5) is 0. The van der Waals surface area contributed by atoms with Gasteiger partial charge in [-0.2, -0.15) is 0 Å². The number of allylic oxidation sites excluding steroid dienone is 1. The summed E-state index contributed by atoms with van der Waals surface area (Å²) in [6.45, 7) is 11.1. The first-order valence-corrected chi connectivity index (χ1v) is 7.44. The summed E-state index contributed by atoms with van der Waals surface area (Å²) in [6.07, 6.45) is 6.47. The van der Waals surface area contributed by atoms with Gasteiger partial charge in [0.2, 0.25) is 0 Å². The Labute approximate surface area is 112 Å². The van der Waals surface area contributed by atoms with Crippen molar-refractivity contribution in [1.82, 2.24) is 5.32 Å². The zero-order valence-corrected chi connectivity index (χ0v) is 12.4. The molecule has 0 spiro atoms. The lowest BCUT2D eigenvalue weighted by atomic mass is 9.86. The summed E-state index contributed by atoms with van der Waals surface area (Å²) < 4.78 is 12.0. The van der Waals surface area contributed by atoms with E-state index in [1.807, 2.05) is 0 Å². The van der Waals surface area contributed by atoms with Crippen LogP contribution in [0.4, 0.5) is 0 Å². The van der Waals surface area contributed by atoms with Gasteiger partial charge in [0.25, 0.3) is 0 Å². The summed E-state index contributed by atoms with van der Waals surface area (Å²) in [6, 6.07) is 0.178. The van der Waals surface area contributed by atoms with Crippen molar-refractivity contribution in [2.75, 3.05) is 19.8 Å². The Morgan fingerprint density at radius 1 is 1.33 bits per heavy atom. The van der Waals surface area contributed by atoms with Crippen molar-refractivity contribution in [3.05, 3.63) is 11.8 Å². The highest BCUT2D eigenvalue weighted by Gasteiger charge is 2.39. The van der Waals surface area contributed by atoms with Gasteiger partial charge in [0.05, 0.1) is 18.2 Å². The van der Waals surface area contributed by atoms with E-state index in [-0.39, 0.29) is 11.6 Å². The summed E-state index contributed by atoms with van der Waals surface area (Å²) in [7, 11) is 0. The first-order chi connectivity index (χ1) is 8.74. The second-order valence-corrected chi connectivity index (χ2v) is 4.79. The molecule has 3 nitrogen and oxygen atoms in total. The van der Waals surface area contributed by atoms with Crippen LogP contribution in [0.2, 0.25) is 0 Å². The highest BCUT2D eigenvalue weighted by molar-refractivity contribution is 5.13. The second-order valence-electron chi connectivity index (χ2n) is 4.79. The van der Waals surface area contributed by atoms with E-state index < -0.39 is 0 Å². The van der Waals surface area contributed by atoms with Crippen molar-refractivity contribution in [2.24, 2.45) is 0 Å². The first-order valence-electron chi connectivity index (χ1n) is 7.44. The molecule has 1 rings (SSSR count). The van der Waals surface area contributed by atoms with Crippen molar-refractivity contribution in [3.8, 4) is 0 Å². The molecular formula is C15H29NO2. The van der Waals surface area contributed by atoms with Crippen LogP contribution in [0.25, 0.3) is 0 Å². The maximum absolute atomic E-state index is 6.11. The lowest BCUT2D eigenvalue weighted by Gasteiger charge is -2.41. The largest absolute Gasteiger partial charge is 0.496 e. The highest BCUT2D eigenvalue weighted by atomic mass is 16.5. The van der Waals surface area contributed by atoms with Gasteiger partial charge in [0.15, 0.2) is 0 Å². The third kappa shape index (κ3) is 3.48. The Morgan fingerprint density at radius 3 is 2.50 bits per heavy atom. The molecule has 106 valence electrons. The molecule has 1 N–H and O–H groups in total. The van der Waals surface area contributed by atoms with Gasteiger partial charge in [-0.25, -0.2) is 0 Å². The van der Waals surface area contributed by atoms with Crippen molar-refractivity contribution >= 4 is 0 Å². The Morgan fingerprint density at radius 2 is 2.06 bits per heavy atom. The monoisotopic (exact) mass is 255 g/mol. The lowest BCUT2D eigenvalue weighted by Crippen LogP contribution is -2.53. The zero-order chi connectivity index (χ0) is 13.4. The number of rotatable bonds is 8. The van der Waals surface area contributed by atoms with Crippen LogP contribution in [-0.2, 0) is 9.47 Å². The van der Waals surface area contributed by atoms with Crippen LogP contribution in [0.1, 0.15) is 53.4 Å². The van der Waals surface area contributed by atoms with Crippen LogP contribution < -0.4 is 5.32 Å².